The summed E-state index contributed by atoms with van der Waals surface area (Å²) in [6, 6.07) is 6.23. The maximum Gasteiger partial charge on any atom is 0.231 e. The molecule has 2 rings (SSSR count). The fourth-order valence-corrected chi connectivity index (χ4v) is 2.28. The number of nitrogens with zero attached hydrogens (tertiary/aromatic N) is 2. The number of likely N-dealkylation sites (N-methyl/N-ethyl adjacent to an activating group) is 1. The average molecular weight is 283 g/mol. The average Bonchev–Trinajstić information content (AvgIpc) is 2.47. The highest BCUT2D eigenvalue weighted by molar-refractivity contribution is 5.76. The van der Waals surface area contributed by atoms with E-state index in [1.165, 1.54) is 0 Å². The number of fused-ring (bicyclic) bond motifs is 1. The van der Waals surface area contributed by atoms with Crippen molar-refractivity contribution >= 4 is 22.8 Å². The van der Waals surface area contributed by atoms with Gasteiger partial charge in [-0.1, -0.05) is 6.08 Å². The summed E-state index contributed by atoms with van der Waals surface area (Å²) in [7, 11) is 5.99. The van der Waals surface area contributed by atoms with E-state index in [2.05, 4.69) is 51.4 Å². The Hall–Kier alpha value is -2.36. The SMILES string of the molecule is C/C=C(NC)\C(C)=C/c1c[nH+]c2cc(N(C)C)ccc2n1. The molecule has 110 valence electrons. The van der Waals surface area contributed by atoms with Gasteiger partial charge in [-0.05, 0) is 37.6 Å². The molecular formula is C17H23N4+. The predicted molar refractivity (Wildman–Crippen MR) is 89.1 cm³/mol. The smallest absolute Gasteiger partial charge is 0.231 e. The van der Waals surface area contributed by atoms with E-state index in [1.807, 2.05) is 40.3 Å². The van der Waals surface area contributed by atoms with E-state index in [4.69, 9.17) is 0 Å². The topological polar surface area (TPSA) is 42.3 Å². The lowest BCUT2D eigenvalue weighted by atomic mass is 10.1. The van der Waals surface area contributed by atoms with Crippen molar-refractivity contribution in [2.75, 3.05) is 26.0 Å². The van der Waals surface area contributed by atoms with Crippen LogP contribution in [0.3, 0.4) is 0 Å². The van der Waals surface area contributed by atoms with E-state index < -0.39 is 0 Å². The van der Waals surface area contributed by atoms with Crippen molar-refractivity contribution in [3.05, 3.63) is 47.4 Å². The number of hydrogen-bond donors (Lipinski definition) is 1. The van der Waals surface area contributed by atoms with Gasteiger partial charge in [0.25, 0.3) is 0 Å². The highest BCUT2D eigenvalue weighted by atomic mass is 15.1. The second-order valence-electron chi connectivity index (χ2n) is 5.20. The van der Waals surface area contributed by atoms with Gasteiger partial charge >= 0.3 is 0 Å². The molecule has 0 aliphatic rings. The number of H-pyrrole nitrogens is 1. The number of nitrogens with one attached hydrogen (secondary N) is 2. The van der Waals surface area contributed by atoms with Crippen LogP contribution in [0.1, 0.15) is 19.5 Å². The van der Waals surface area contributed by atoms with Crippen LogP contribution < -0.4 is 15.2 Å². The summed E-state index contributed by atoms with van der Waals surface area (Å²) in [5.74, 6) is 0. The summed E-state index contributed by atoms with van der Waals surface area (Å²) in [4.78, 5) is 10.1. The second kappa shape index (κ2) is 6.39. The summed E-state index contributed by atoms with van der Waals surface area (Å²) >= 11 is 0. The molecule has 2 N–H and O–H groups in total. The van der Waals surface area contributed by atoms with E-state index in [1.54, 1.807) is 0 Å². The van der Waals surface area contributed by atoms with Crippen LogP contribution in [0, 0.1) is 0 Å². The van der Waals surface area contributed by atoms with E-state index in [9.17, 15) is 0 Å². The first-order valence-corrected chi connectivity index (χ1v) is 7.07. The first kappa shape index (κ1) is 15.0. The van der Waals surface area contributed by atoms with Crippen LogP contribution in [-0.2, 0) is 0 Å². The van der Waals surface area contributed by atoms with Gasteiger partial charge in [0.1, 0.15) is 11.2 Å². The van der Waals surface area contributed by atoms with Gasteiger partial charge in [0.15, 0.2) is 6.20 Å². The van der Waals surface area contributed by atoms with Crippen LogP contribution in [0.25, 0.3) is 17.1 Å². The molecule has 0 saturated heterocycles. The highest BCUT2D eigenvalue weighted by Gasteiger charge is 2.07. The second-order valence-corrected chi connectivity index (χ2v) is 5.20. The van der Waals surface area contributed by atoms with E-state index >= 15 is 0 Å². The van der Waals surface area contributed by atoms with Crippen molar-refractivity contribution in [3.8, 4) is 0 Å². The number of aromatic amines is 1. The highest BCUT2D eigenvalue weighted by Crippen LogP contribution is 2.17. The van der Waals surface area contributed by atoms with Gasteiger partial charge in [-0.2, -0.15) is 0 Å². The third kappa shape index (κ3) is 3.40. The lowest BCUT2D eigenvalue weighted by molar-refractivity contribution is -0.345. The largest absolute Gasteiger partial charge is 0.388 e. The van der Waals surface area contributed by atoms with Gasteiger partial charge in [-0.25, -0.2) is 9.97 Å². The maximum atomic E-state index is 4.69. The Labute approximate surface area is 126 Å². The lowest BCUT2D eigenvalue weighted by Gasteiger charge is -2.11. The van der Waals surface area contributed by atoms with Crippen molar-refractivity contribution in [1.29, 1.82) is 0 Å². The Morgan fingerprint density at radius 2 is 2.10 bits per heavy atom. The molecule has 0 amide bonds. The number of anilines is 1. The normalized spacial score (nSPS) is 12.6. The minimum Gasteiger partial charge on any atom is -0.388 e. The predicted octanol–water partition coefficient (Wildman–Crippen LogP) is 2.64. The van der Waals surface area contributed by atoms with Crippen molar-refractivity contribution in [1.82, 2.24) is 10.3 Å². The van der Waals surface area contributed by atoms with Gasteiger partial charge in [0, 0.05) is 38.6 Å². The fraction of sp³-hybridized carbons (Fsp3) is 0.294. The molecule has 4 heteroatoms. The Balaban J connectivity index is 2.40. The molecule has 21 heavy (non-hydrogen) atoms. The van der Waals surface area contributed by atoms with Gasteiger partial charge in [0.2, 0.25) is 5.52 Å². The van der Waals surface area contributed by atoms with Crippen LogP contribution in [0.15, 0.2) is 41.7 Å². The molecule has 0 fully saturated rings. The summed E-state index contributed by atoms with van der Waals surface area (Å²) in [6.07, 6.45) is 6.07. The standard InChI is InChI=1S/C17H22N4/c1-6-15(18-3)12(2)9-13-11-19-17-10-14(21(4)5)7-8-16(17)20-13/h6-11,18H,1-5H3/p+1/b12-9-,15-6+. The van der Waals surface area contributed by atoms with E-state index in [-0.39, 0.29) is 0 Å². The van der Waals surface area contributed by atoms with Crippen LogP contribution in [-0.4, -0.2) is 26.1 Å². The first-order chi connectivity index (χ1) is 10.0. The summed E-state index contributed by atoms with van der Waals surface area (Å²) < 4.78 is 0. The number of hydrogen-bond acceptors (Lipinski definition) is 3. The van der Waals surface area contributed by atoms with Crippen LogP contribution in [0.4, 0.5) is 5.69 Å². The van der Waals surface area contributed by atoms with Crippen molar-refractivity contribution < 1.29 is 4.98 Å². The third-order valence-corrected chi connectivity index (χ3v) is 3.47. The first-order valence-electron chi connectivity index (χ1n) is 7.07. The molecule has 0 spiro atoms. The molecule has 1 heterocycles. The van der Waals surface area contributed by atoms with Gasteiger partial charge in [-0.3, -0.25) is 0 Å². The Bertz CT molecular complexity index is 699. The molecule has 0 aliphatic carbocycles. The molecule has 4 nitrogen and oxygen atoms in total. The third-order valence-electron chi connectivity index (χ3n) is 3.47. The Kier molecular flexibility index (Phi) is 4.58. The monoisotopic (exact) mass is 283 g/mol. The van der Waals surface area contributed by atoms with E-state index in [0.29, 0.717) is 0 Å². The molecule has 2 aromatic rings. The van der Waals surface area contributed by atoms with Crippen molar-refractivity contribution in [2.45, 2.75) is 13.8 Å². The number of rotatable bonds is 4. The maximum absolute atomic E-state index is 4.69. The number of benzene rings is 1. The fourth-order valence-electron chi connectivity index (χ4n) is 2.28. The molecule has 1 aromatic heterocycles. The summed E-state index contributed by atoms with van der Waals surface area (Å²) in [6.45, 7) is 4.10. The molecule has 0 unspecified atom stereocenters. The molecule has 0 aliphatic heterocycles. The Morgan fingerprint density at radius 3 is 2.71 bits per heavy atom. The van der Waals surface area contributed by atoms with Crippen LogP contribution >= 0.6 is 0 Å². The van der Waals surface area contributed by atoms with Gasteiger partial charge < -0.3 is 10.2 Å². The molecule has 0 saturated carbocycles. The molecule has 1 aromatic carbocycles. The van der Waals surface area contributed by atoms with Crippen molar-refractivity contribution in [2.24, 2.45) is 0 Å². The summed E-state index contributed by atoms with van der Waals surface area (Å²) in [5, 5.41) is 3.18. The minimum absolute atomic E-state index is 0.923. The molecular weight excluding hydrogens is 260 g/mol. The zero-order valence-corrected chi connectivity index (χ0v) is 13.4. The zero-order chi connectivity index (χ0) is 15.4. The van der Waals surface area contributed by atoms with E-state index in [0.717, 1.165) is 33.7 Å². The molecule has 0 bridgehead atoms. The van der Waals surface area contributed by atoms with Crippen LogP contribution in [0.5, 0.6) is 0 Å². The minimum atomic E-state index is 0.923. The zero-order valence-electron chi connectivity index (χ0n) is 13.4. The van der Waals surface area contributed by atoms with Gasteiger partial charge in [-0.15, -0.1) is 0 Å². The molecule has 0 atom stereocenters. The lowest BCUT2D eigenvalue weighted by Crippen LogP contribution is -2.11. The number of allylic oxidation sites excluding steroid dienone is 2. The Morgan fingerprint density at radius 1 is 1.33 bits per heavy atom. The van der Waals surface area contributed by atoms with Gasteiger partial charge in [0.05, 0.1) is 0 Å². The quantitative estimate of drug-likeness (QED) is 0.877. The van der Waals surface area contributed by atoms with Crippen molar-refractivity contribution in [3.63, 3.8) is 0 Å². The molecule has 0 radical (unpaired) electrons. The van der Waals surface area contributed by atoms with Crippen LogP contribution in [0.2, 0.25) is 0 Å². The summed E-state index contributed by atoms with van der Waals surface area (Å²) in [5.41, 5.74) is 6.35. The number of aromatic nitrogens is 2.